The summed E-state index contributed by atoms with van der Waals surface area (Å²) in [6.07, 6.45) is 10.7. The number of aryl methyl sites for hydroxylation is 1. The number of nitrogens with zero attached hydrogens (tertiary/aromatic N) is 2. The molecule has 1 aromatic rings. The highest BCUT2D eigenvalue weighted by molar-refractivity contribution is 7.89. The van der Waals surface area contributed by atoms with Crippen LogP contribution < -0.4 is 10.0 Å². The van der Waals surface area contributed by atoms with Crippen molar-refractivity contribution in [2.24, 2.45) is 0 Å². The first-order valence-electron chi connectivity index (χ1n) is 7.92. The third-order valence-corrected chi connectivity index (χ3v) is 5.65. The van der Waals surface area contributed by atoms with Crippen LogP contribution in [0.15, 0.2) is 17.3 Å². The predicted octanol–water partition coefficient (Wildman–Crippen LogP) is 1.25. The first kappa shape index (κ1) is 15.0. The van der Waals surface area contributed by atoms with E-state index >= 15 is 0 Å². The van der Waals surface area contributed by atoms with Gasteiger partial charge in [0.2, 0.25) is 10.0 Å². The monoisotopic (exact) mass is 312 g/mol. The molecule has 0 unspecified atom stereocenters. The van der Waals surface area contributed by atoms with Gasteiger partial charge in [0.15, 0.2) is 0 Å². The number of hydrogen-bond acceptors (Lipinski definition) is 4. The van der Waals surface area contributed by atoms with Crippen molar-refractivity contribution >= 4 is 10.0 Å². The molecule has 0 bridgehead atoms. The van der Waals surface area contributed by atoms with Gasteiger partial charge >= 0.3 is 0 Å². The van der Waals surface area contributed by atoms with E-state index < -0.39 is 10.0 Å². The molecule has 2 N–H and O–H groups in total. The summed E-state index contributed by atoms with van der Waals surface area (Å²) in [6.45, 7) is 1.71. The van der Waals surface area contributed by atoms with Gasteiger partial charge in [-0.05, 0) is 38.6 Å². The summed E-state index contributed by atoms with van der Waals surface area (Å²) >= 11 is 0. The Kier molecular flexibility index (Phi) is 4.61. The molecule has 21 heavy (non-hydrogen) atoms. The molecule has 2 aliphatic carbocycles. The minimum Gasteiger partial charge on any atom is -0.314 e. The maximum absolute atomic E-state index is 12.3. The second-order valence-electron chi connectivity index (χ2n) is 6.12. The number of sulfonamides is 1. The minimum absolute atomic E-state index is 0.0982. The summed E-state index contributed by atoms with van der Waals surface area (Å²) in [4.78, 5) is 0.282. The van der Waals surface area contributed by atoms with E-state index in [2.05, 4.69) is 15.1 Å². The van der Waals surface area contributed by atoms with E-state index in [0.717, 1.165) is 45.2 Å². The number of aromatic nitrogens is 2. The van der Waals surface area contributed by atoms with Gasteiger partial charge in [0.25, 0.3) is 0 Å². The van der Waals surface area contributed by atoms with E-state index in [1.807, 2.05) is 0 Å². The van der Waals surface area contributed by atoms with Gasteiger partial charge in [-0.1, -0.05) is 12.8 Å². The van der Waals surface area contributed by atoms with Crippen molar-refractivity contribution in [3.63, 3.8) is 0 Å². The second-order valence-corrected chi connectivity index (χ2v) is 7.84. The van der Waals surface area contributed by atoms with Gasteiger partial charge in [-0.2, -0.15) is 5.10 Å². The maximum Gasteiger partial charge on any atom is 0.243 e. The largest absolute Gasteiger partial charge is 0.314 e. The molecule has 118 valence electrons. The molecular formula is C14H24N4O2S. The molecule has 2 fully saturated rings. The molecule has 0 radical (unpaired) electrons. The highest BCUT2D eigenvalue weighted by Crippen LogP contribution is 2.20. The smallest absolute Gasteiger partial charge is 0.243 e. The molecule has 1 aromatic heterocycles. The van der Waals surface area contributed by atoms with E-state index in [4.69, 9.17) is 0 Å². The van der Waals surface area contributed by atoms with Crippen LogP contribution in [0.3, 0.4) is 0 Å². The summed E-state index contributed by atoms with van der Waals surface area (Å²) in [5.74, 6) is 0. The van der Waals surface area contributed by atoms with E-state index in [-0.39, 0.29) is 10.9 Å². The summed E-state index contributed by atoms with van der Waals surface area (Å²) in [7, 11) is -3.41. The molecule has 6 nitrogen and oxygen atoms in total. The molecule has 3 rings (SSSR count). The zero-order valence-electron chi connectivity index (χ0n) is 12.3. The van der Waals surface area contributed by atoms with Crippen molar-refractivity contribution in [1.29, 1.82) is 0 Å². The van der Waals surface area contributed by atoms with Crippen molar-refractivity contribution in [2.45, 2.75) is 68.5 Å². The molecule has 0 saturated heterocycles. The van der Waals surface area contributed by atoms with Gasteiger partial charge in [0.05, 0.1) is 6.20 Å². The lowest BCUT2D eigenvalue weighted by molar-refractivity contribution is 0.539. The van der Waals surface area contributed by atoms with Gasteiger partial charge in [-0.25, -0.2) is 13.1 Å². The summed E-state index contributed by atoms with van der Waals surface area (Å²) < 4.78 is 29.0. The topological polar surface area (TPSA) is 76.0 Å². The summed E-state index contributed by atoms with van der Waals surface area (Å²) in [5.41, 5.74) is 0. The minimum atomic E-state index is -3.41. The molecule has 1 heterocycles. The van der Waals surface area contributed by atoms with Crippen molar-refractivity contribution in [2.75, 3.05) is 6.54 Å². The maximum atomic E-state index is 12.3. The van der Waals surface area contributed by atoms with Crippen LogP contribution in [0.1, 0.15) is 44.9 Å². The van der Waals surface area contributed by atoms with Gasteiger partial charge in [0, 0.05) is 24.8 Å². The van der Waals surface area contributed by atoms with Crippen molar-refractivity contribution in [3.05, 3.63) is 12.4 Å². The Morgan fingerprint density at radius 1 is 1.19 bits per heavy atom. The van der Waals surface area contributed by atoms with Crippen LogP contribution in [-0.2, 0) is 16.6 Å². The quantitative estimate of drug-likeness (QED) is 0.708. The van der Waals surface area contributed by atoms with E-state index in [1.54, 1.807) is 10.9 Å². The lowest BCUT2D eigenvalue weighted by Gasteiger charge is -2.10. The Morgan fingerprint density at radius 2 is 1.95 bits per heavy atom. The predicted molar refractivity (Wildman–Crippen MR) is 80.4 cm³/mol. The van der Waals surface area contributed by atoms with Crippen molar-refractivity contribution < 1.29 is 8.42 Å². The lowest BCUT2D eigenvalue weighted by Crippen LogP contribution is -2.32. The fraction of sp³-hybridized carbons (Fsp3) is 0.786. The van der Waals surface area contributed by atoms with Crippen LogP contribution in [0, 0.1) is 0 Å². The average Bonchev–Trinajstić information content (AvgIpc) is 2.92. The van der Waals surface area contributed by atoms with Crippen LogP contribution in [0.25, 0.3) is 0 Å². The Bertz CT molecular complexity index is 559. The molecule has 0 atom stereocenters. The summed E-state index contributed by atoms with van der Waals surface area (Å²) in [6, 6.07) is 0.815. The van der Waals surface area contributed by atoms with E-state index in [0.29, 0.717) is 6.04 Å². The number of rotatable bonds is 8. The lowest BCUT2D eigenvalue weighted by atomic mass is 10.3. The molecule has 0 aromatic carbocycles. The van der Waals surface area contributed by atoms with E-state index in [9.17, 15) is 8.42 Å². The van der Waals surface area contributed by atoms with Crippen LogP contribution in [0.2, 0.25) is 0 Å². The Morgan fingerprint density at radius 3 is 2.67 bits per heavy atom. The van der Waals surface area contributed by atoms with Crippen LogP contribution in [-0.4, -0.2) is 36.8 Å². The zero-order chi connectivity index (χ0) is 14.7. The Labute approximate surface area is 126 Å². The zero-order valence-corrected chi connectivity index (χ0v) is 13.1. The molecule has 0 aliphatic heterocycles. The number of hydrogen-bond donors (Lipinski definition) is 2. The highest BCUT2D eigenvalue weighted by Gasteiger charge is 2.24. The van der Waals surface area contributed by atoms with Crippen LogP contribution >= 0.6 is 0 Å². The molecule has 0 spiro atoms. The molecule has 0 amide bonds. The van der Waals surface area contributed by atoms with Gasteiger partial charge < -0.3 is 5.32 Å². The fourth-order valence-corrected chi connectivity index (χ4v) is 4.03. The first-order valence-corrected chi connectivity index (χ1v) is 9.40. The second kappa shape index (κ2) is 6.46. The third-order valence-electron chi connectivity index (χ3n) is 4.17. The molecular weight excluding hydrogens is 288 g/mol. The third kappa shape index (κ3) is 4.28. The van der Waals surface area contributed by atoms with E-state index in [1.165, 1.54) is 19.0 Å². The normalized spacial score (nSPS) is 20.2. The fourth-order valence-electron chi connectivity index (χ4n) is 2.77. The van der Waals surface area contributed by atoms with Gasteiger partial charge in [0.1, 0.15) is 4.90 Å². The van der Waals surface area contributed by atoms with Crippen molar-refractivity contribution in [1.82, 2.24) is 19.8 Å². The van der Waals surface area contributed by atoms with Crippen LogP contribution in [0.5, 0.6) is 0 Å². The molecule has 2 aliphatic rings. The molecule has 7 heteroatoms. The highest BCUT2D eigenvalue weighted by atomic mass is 32.2. The van der Waals surface area contributed by atoms with Crippen LogP contribution in [0.4, 0.5) is 0 Å². The first-order chi connectivity index (χ1) is 10.1. The Balaban J connectivity index is 1.50. The standard InChI is InChI=1S/C14H24N4O2S/c19-21(20,17-13-4-1-2-5-13)14-10-16-18(11-14)9-3-8-15-12-6-7-12/h10-13,15,17H,1-9H2. The van der Waals surface area contributed by atoms with Gasteiger partial charge in [-0.3, -0.25) is 4.68 Å². The van der Waals surface area contributed by atoms with Crippen molar-refractivity contribution in [3.8, 4) is 0 Å². The summed E-state index contributed by atoms with van der Waals surface area (Å²) in [5, 5.41) is 7.60. The SMILES string of the molecule is O=S(=O)(NC1CCCC1)c1cnn(CCCNC2CC2)c1. The number of nitrogens with one attached hydrogen (secondary N) is 2. The molecule has 2 saturated carbocycles. The Hall–Kier alpha value is -0.920. The average molecular weight is 312 g/mol. The van der Waals surface area contributed by atoms with Gasteiger partial charge in [-0.15, -0.1) is 0 Å².